The van der Waals surface area contributed by atoms with Crippen molar-refractivity contribution in [1.29, 1.82) is 0 Å². The molecule has 5 nitrogen and oxygen atoms in total. The number of hydrogen-bond acceptors (Lipinski definition) is 5. The predicted molar refractivity (Wildman–Crippen MR) is 90.9 cm³/mol. The van der Waals surface area contributed by atoms with E-state index in [9.17, 15) is 4.79 Å². The zero-order valence-corrected chi connectivity index (χ0v) is 15.0. The fourth-order valence-corrected chi connectivity index (χ4v) is 2.64. The molecule has 0 saturated heterocycles. The molecule has 0 bridgehead atoms. The van der Waals surface area contributed by atoms with Gasteiger partial charge in [0.05, 0.1) is 0 Å². The zero-order chi connectivity index (χ0) is 16.4. The number of amides is 1. The average Bonchev–Trinajstić information content (AvgIpc) is 2.74. The molecule has 0 aliphatic heterocycles. The van der Waals surface area contributed by atoms with E-state index in [1.165, 1.54) is 11.3 Å². The number of aromatic nitrogens is 1. The van der Waals surface area contributed by atoms with Crippen molar-refractivity contribution in [3.8, 4) is 0 Å². The first-order chi connectivity index (χ1) is 9.54. The summed E-state index contributed by atoms with van der Waals surface area (Å²) in [5.41, 5.74) is 5.92. The number of anilines is 2. The lowest BCUT2D eigenvalue weighted by molar-refractivity contribution is 0.0635. The van der Waals surface area contributed by atoms with Crippen LogP contribution in [0, 0.1) is 11.3 Å². The molecule has 1 aromatic heterocycles. The van der Waals surface area contributed by atoms with Crippen LogP contribution in [0.5, 0.6) is 0 Å². The highest BCUT2D eigenvalue weighted by atomic mass is 32.1. The molecule has 0 radical (unpaired) electrons. The molecule has 0 fully saturated rings. The number of carbonyl (C=O) groups excluding carboxylic acids is 1. The predicted octanol–water partition coefficient (Wildman–Crippen LogP) is 3.30. The molecule has 1 unspecified atom stereocenters. The quantitative estimate of drug-likeness (QED) is 0.875. The highest BCUT2D eigenvalue weighted by molar-refractivity contribution is 7.18. The van der Waals surface area contributed by atoms with E-state index < -0.39 is 0 Å². The molecule has 1 heterocycles. The largest absolute Gasteiger partial charge is 0.382 e. The van der Waals surface area contributed by atoms with Gasteiger partial charge in [-0.2, -0.15) is 0 Å². The molecule has 1 aromatic rings. The summed E-state index contributed by atoms with van der Waals surface area (Å²) in [4.78, 5) is 19.1. The van der Waals surface area contributed by atoms with Gasteiger partial charge in [0, 0.05) is 19.6 Å². The van der Waals surface area contributed by atoms with E-state index in [-0.39, 0.29) is 17.4 Å². The van der Waals surface area contributed by atoms with Crippen molar-refractivity contribution in [1.82, 2.24) is 9.88 Å². The third-order valence-corrected chi connectivity index (χ3v) is 4.68. The molecule has 3 N–H and O–H groups in total. The number of nitrogens with zero attached hydrogens (tertiary/aromatic N) is 2. The van der Waals surface area contributed by atoms with Gasteiger partial charge in [0.1, 0.15) is 10.7 Å². The molecule has 1 rings (SSSR count). The molecular weight excluding hydrogens is 284 g/mol. The van der Waals surface area contributed by atoms with Crippen LogP contribution in [-0.4, -0.2) is 35.4 Å². The first kappa shape index (κ1) is 17.8. The van der Waals surface area contributed by atoms with Gasteiger partial charge in [-0.05, 0) is 18.3 Å². The molecule has 0 saturated carbocycles. The van der Waals surface area contributed by atoms with Gasteiger partial charge >= 0.3 is 0 Å². The standard InChI is InChI=1S/C15H28N4OS/c1-9(2)8-17-14-18-12(16)11(21-14)13(20)19(7)10(3)15(4,5)6/h9-10H,8,16H2,1-7H3,(H,17,18). The Bertz CT molecular complexity index is 490. The minimum atomic E-state index is -0.0648. The Morgan fingerprint density at radius 1 is 1.38 bits per heavy atom. The summed E-state index contributed by atoms with van der Waals surface area (Å²) in [7, 11) is 1.82. The molecule has 6 heteroatoms. The van der Waals surface area contributed by atoms with Crippen LogP contribution in [0.2, 0.25) is 0 Å². The molecule has 1 amide bonds. The van der Waals surface area contributed by atoms with E-state index in [0.29, 0.717) is 21.7 Å². The summed E-state index contributed by atoms with van der Waals surface area (Å²) >= 11 is 1.33. The lowest BCUT2D eigenvalue weighted by Crippen LogP contribution is -2.42. The van der Waals surface area contributed by atoms with E-state index >= 15 is 0 Å². The third kappa shape index (κ3) is 4.59. The van der Waals surface area contributed by atoms with Crippen molar-refractivity contribution < 1.29 is 4.79 Å². The minimum Gasteiger partial charge on any atom is -0.382 e. The lowest BCUT2D eigenvalue weighted by atomic mass is 9.87. The molecule has 0 aromatic carbocycles. The highest BCUT2D eigenvalue weighted by Gasteiger charge is 2.29. The molecule has 0 aliphatic carbocycles. The van der Waals surface area contributed by atoms with Gasteiger partial charge in [0.2, 0.25) is 0 Å². The SMILES string of the molecule is CC(C)CNc1nc(N)c(C(=O)N(C)C(C)C(C)(C)C)s1. The second-order valence-corrected chi connectivity index (χ2v) is 7.97. The summed E-state index contributed by atoms with van der Waals surface area (Å²) in [6.45, 7) is 13.5. The lowest BCUT2D eigenvalue weighted by Gasteiger charge is -2.35. The van der Waals surface area contributed by atoms with E-state index in [1.807, 2.05) is 14.0 Å². The smallest absolute Gasteiger partial charge is 0.267 e. The first-order valence-corrected chi connectivity index (χ1v) is 8.13. The van der Waals surface area contributed by atoms with Crippen LogP contribution in [0.3, 0.4) is 0 Å². The van der Waals surface area contributed by atoms with Crippen LogP contribution in [0.4, 0.5) is 10.9 Å². The fraction of sp³-hybridized carbons (Fsp3) is 0.733. The molecule has 120 valence electrons. The Balaban J connectivity index is 2.88. The molecule has 0 aliphatic rings. The Kier molecular flexibility index (Phi) is 5.61. The number of thiazole rings is 1. The van der Waals surface area contributed by atoms with Gasteiger partial charge in [0.25, 0.3) is 5.91 Å². The Hall–Kier alpha value is -1.30. The van der Waals surface area contributed by atoms with E-state index in [2.05, 4.69) is 44.9 Å². The van der Waals surface area contributed by atoms with Crippen LogP contribution in [0.15, 0.2) is 0 Å². The van der Waals surface area contributed by atoms with Crippen LogP contribution < -0.4 is 11.1 Å². The maximum absolute atomic E-state index is 12.6. The summed E-state index contributed by atoms with van der Waals surface area (Å²) in [6, 6.07) is 0.110. The molecule has 1 atom stereocenters. The third-order valence-electron chi connectivity index (χ3n) is 3.66. The van der Waals surface area contributed by atoms with Crippen LogP contribution in [0.25, 0.3) is 0 Å². The van der Waals surface area contributed by atoms with Crippen molar-refractivity contribution in [2.24, 2.45) is 11.3 Å². The maximum Gasteiger partial charge on any atom is 0.267 e. The van der Waals surface area contributed by atoms with Crippen molar-refractivity contribution in [3.63, 3.8) is 0 Å². The second-order valence-electron chi connectivity index (χ2n) is 6.97. The van der Waals surface area contributed by atoms with Gasteiger partial charge in [-0.1, -0.05) is 46.0 Å². The van der Waals surface area contributed by atoms with Crippen LogP contribution in [0.1, 0.15) is 51.2 Å². The van der Waals surface area contributed by atoms with Crippen molar-refractivity contribution in [2.45, 2.75) is 47.6 Å². The van der Waals surface area contributed by atoms with Gasteiger partial charge in [-0.25, -0.2) is 4.98 Å². The van der Waals surface area contributed by atoms with Gasteiger partial charge in [-0.3, -0.25) is 4.79 Å². The number of nitrogen functional groups attached to an aromatic ring is 1. The highest BCUT2D eigenvalue weighted by Crippen LogP contribution is 2.29. The van der Waals surface area contributed by atoms with E-state index in [4.69, 9.17) is 5.73 Å². The summed E-state index contributed by atoms with van der Waals surface area (Å²) < 4.78 is 0. The number of hydrogen-bond donors (Lipinski definition) is 2. The van der Waals surface area contributed by atoms with Gasteiger partial charge in [0.15, 0.2) is 5.13 Å². The number of carbonyl (C=O) groups is 1. The summed E-state index contributed by atoms with van der Waals surface area (Å²) in [5.74, 6) is 0.757. The minimum absolute atomic E-state index is 0.0165. The topological polar surface area (TPSA) is 71.2 Å². The first-order valence-electron chi connectivity index (χ1n) is 7.31. The Morgan fingerprint density at radius 3 is 2.43 bits per heavy atom. The normalized spacial score (nSPS) is 13.3. The molecule has 0 spiro atoms. The Morgan fingerprint density at radius 2 is 1.95 bits per heavy atom. The van der Waals surface area contributed by atoms with Crippen molar-refractivity contribution in [3.05, 3.63) is 4.88 Å². The average molecular weight is 312 g/mol. The van der Waals surface area contributed by atoms with Gasteiger partial charge < -0.3 is 16.0 Å². The van der Waals surface area contributed by atoms with E-state index in [0.717, 1.165) is 6.54 Å². The maximum atomic E-state index is 12.6. The van der Waals surface area contributed by atoms with Crippen LogP contribution in [-0.2, 0) is 0 Å². The zero-order valence-electron chi connectivity index (χ0n) is 14.2. The number of nitrogens with one attached hydrogen (secondary N) is 1. The molecule has 21 heavy (non-hydrogen) atoms. The monoisotopic (exact) mass is 312 g/mol. The molecular formula is C15H28N4OS. The second kappa shape index (κ2) is 6.64. The number of nitrogens with two attached hydrogens (primary N) is 1. The summed E-state index contributed by atoms with van der Waals surface area (Å²) in [6.07, 6.45) is 0. The van der Waals surface area contributed by atoms with Gasteiger partial charge in [-0.15, -0.1) is 0 Å². The van der Waals surface area contributed by atoms with Crippen molar-refractivity contribution >= 4 is 28.2 Å². The van der Waals surface area contributed by atoms with E-state index in [1.54, 1.807) is 4.90 Å². The van der Waals surface area contributed by atoms with Crippen LogP contribution >= 0.6 is 11.3 Å². The van der Waals surface area contributed by atoms with Crippen molar-refractivity contribution in [2.75, 3.05) is 24.6 Å². The number of rotatable bonds is 5. The fourth-order valence-electron chi connectivity index (χ4n) is 1.77. The Labute approximate surface area is 131 Å². The summed E-state index contributed by atoms with van der Waals surface area (Å²) in [5, 5.41) is 3.92.